The van der Waals surface area contributed by atoms with E-state index in [0.29, 0.717) is 0 Å². The first-order valence-corrected chi connectivity index (χ1v) is 7.01. The molecular formula is C16H16ClN3. The maximum Gasteiger partial charge on any atom is 0.114 e. The SMILES string of the molecule is CCc1nc2cc(N)ccc2n1-c1cc(C)ccc1Cl. The number of nitrogens with zero attached hydrogens (tertiary/aromatic N) is 2. The number of imidazole rings is 1. The summed E-state index contributed by atoms with van der Waals surface area (Å²) in [5, 5.41) is 0.724. The van der Waals surface area contributed by atoms with Crippen molar-refractivity contribution in [2.24, 2.45) is 0 Å². The Balaban J connectivity index is 2.37. The highest BCUT2D eigenvalue weighted by atomic mass is 35.5. The average molecular weight is 286 g/mol. The van der Waals surface area contributed by atoms with E-state index in [-0.39, 0.29) is 0 Å². The quantitative estimate of drug-likeness (QED) is 0.720. The summed E-state index contributed by atoms with van der Waals surface area (Å²) >= 11 is 6.37. The van der Waals surface area contributed by atoms with Gasteiger partial charge in [-0.05, 0) is 42.8 Å². The number of rotatable bonds is 2. The standard InChI is InChI=1S/C16H16ClN3/c1-3-16-19-13-9-11(18)5-7-14(13)20(16)15-8-10(2)4-6-12(15)17/h4-9H,3,18H2,1-2H3. The summed E-state index contributed by atoms with van der Waals surface area (Å²) in [4.78, 5) is 4.66. The molecule has 102 valence electrons. The van der Waals surface area contributed by atoms with E-state index in [4.69, 9.17) is 17.3 Å². The van der Waals surface area contributed by atoms with Crippen molar-refractivity contribution in [3.8, 4) is 5.69 Å². The minimum Gasteiger partial charge on any atom is -0.399 e. The molecule has 0 amide bonds. The second-order valence-electron chi connectivity index (χ2n) is 4.92. The highest BCUT2D eigenvalue weighted by Crippen LogP contribution is 2.28. The lowest BCUT2D eigenvalue weighted by atomic mass is 10.2. The molecule has 1 aromatic heterocycles. The predicted octanol–water partition coefficient (Wildman–Crippen LogP) is 4.13. The van der Waals surface area contributed by atoms with Crippen LogP contribution >= 0.6 is 11.6 Å². The van der Waals surface area contributed by atoms with Crippen molar-refractivity contribution in [2.45, 2.75) is 20.3 Å². The molecule has 20 heavy (non-hydrogen) atoms. The Hall–Kier alpha value is -2.00. The van der Waals surface area contributed by atoms with Gasteiger partial charge in [0.05, 0.1) is 21.7 Å². The zero-order valence-electron chi connectivity index (χ0n) is 11.5. The molecule has 0 saturated heterocycles. The fourth-order valence-corrected chi connectivity index (χ4v) is 2.65. The zero-order valence-corrected chi connectivity index (χ0v) is 12.3. The Morgan fingerprint density at radius 2 is 2.00 bits per heavy atom. The first-order valence-electron chi connectivity index (χ1n) is 6.63. The third kappa shape index (κ3) is 2.04. The van der Waals surface area contributed by atoms with Crippen molar-refractivity contribution in [1.29, 1.82) is 0 Å². The molecule has 0 aliphatic heterocycles. The topological polar surface area (TPSA) is 43.8 Å². The van der Waals surface area contributed by atoms with Crippen LogP contribution in [0.15, 0.2) is 36.4 Å². The second kappa shape index (κ2) is 4.84. The number of nitrogens with two attached hydrogens (primary N) is 1. The van der Waals surface area contributed by atoms with Gasteiger partial charge < -0.3 is 5.73 Å². The van der Waals surface area contributed by atoms with E-state index in [0.717, 1.165) is 39.7 Å². The van der Waals surface area contributed by atoms with Gasteiger partial charge >= 0.3 is 0 Å². The molecule has 0 saturated carbocycles. The van der Waals surface area contributed by atoms with Gasteiger partial charge in [-0.15, -0.1) is 0 Å². The number of nitrogen functional groups attached to an aromatic ring is 1. The molecule has 0 spiro atoms. The Morgan fingerprint density at radius 1 is 1.20 bits per heavy atom. The summed E-state index contributed by atoms with van der Waals surface area (Å²) in [5.41, 5.74) is 10.6. The Morgan fingerprint density at radius 3 is 2.75 bits per heavy atom. The van der Waals surface area contributed by atoms with E-state index in [1.54, 1.807) is 0 Å². The van der Waals surface area contributed by atoms with Gasteiger partial charge in [0.1, 0.15) is 5.82 Å². The van der Waals surface area contributed by atoms with Gasteiger partial charge in [-0.2, -0.15) is 0 Å². The van der Waals surface area contributed by atoms with E-state index < -0.39 is 0 Å². The minimum absolute atomic E-state index is 0.722. The molecule has 0 aliphatic rings. The summed E-state index contributed by atoms with van der Waals surface area (Å²) in [6.45, 7) is 4.15. The molecule has 3 nitrogen and oxygen atoms in total. The molecule has 0 atom stereocenters. The minimum atomic E-state index is 0.722. The van der Waals surface area contributed by atoms with Crippen molar-refractivity contribution in [1.82, 2.24) is 9.55 Å². The normalized spacial score (nSPS) is 11.2. The highest BCUT2D eigenvalue weighted by molar-refractivity contribution is 6.32. The van der Waals surface area contributed by atoms with E-state index in [1.165, 1.54) is 5.56 Å². The molecule has 0 unspecified atom stereocenters. The molecule has 0 radical (unpaired) electrons. The van der Waals surface area contributed by atoms with Crippen LogP contribution in [-0.2, 0) is 6.42 Å². The van der Waals surface area contributed by atoms with E-state index in [9.17, 15) is 0 Å². The number of aryl methyl sites for hydroxylation is 2. The van der Waals surface area contributed by atoms with Crippen LogP contribution in [0.2, 0.25) is 5.02 Å². The third-order valence-corrected chi connectivity index (χ3v) is 3.73. The summed E-state index contributed by atoms with van der Waals surface area (Å²) in [7, 11) is 0. The van der Waals surface area contributed by atoms with Gasteiger partial charge in [-0.3, -0.25) is 4.57 Å². The molecular weight excluding hydrogens is 270 g/mol. The average Bonchev–Trinajstić information content (AvgIpc) is 2.78. The lowest BCUT2D eigenvalue weighted by molar-refractivity contribution is 0.907. The van der Waals surface area contributed by atoms with E-state index in [2.05, 4.69) is 29.5 Å². The molecule has 3 aromatic rings. The number of halogens is 1. The van der Waals surface area contributed by atoms with Crippen LogP contribution in [0.4, 0.5) is 5.69 Å². The third-order valence-electron chi connectivity index (χ3n) is 3.41. The van der Waals surface area contributed by atoms with Crippen LogP contribution in [0.25, 0.3) is 16.7 Å². The monoisotopic (exact) mass is 285 g/mol. The largest absolute Gasteiger partial charge is 0.399 e. The number of anilines is 1. The fraction of sp³-hybridized carbons (Fsp3) is 0.188. The van der Waals surface area contributed by atoms with Crippen LogP contribution in [0.1, 0.15) is 18.3 Å². The van der Waals surface area contributed by atoms with Gasteiger partial charge in [0, 0.05) is 12.1 Å². The second-order valence-corrected chi connectivity index (χ2v) is 5.33. The van der Waals surface area contributed by atoms with E-state index >= 15 is 0 Å². The highest BCUT2D eigenvalue weighted by Gasteiger charge is 2.13. The predicted molar refractivity (Wildman–Crippen MR) is 84.6 cm³/mol. The first kappa shape index (κ1) is 13.0. The molecule has 0 aliphatic carbocycles. The zero-order chi connectivity index (χ0) is 14.3. The number of hydrogen-bond acceptors (Lipinski definition) is 2. The van der Waals surface area contributed by atoms with Gasteiger partial charge in [-0.25, -0.2) is 4.98 Å². The number of hydrogen-bond donors (Lipinski definition) is 1. The molecule has 3 rings (SSSR count). The van der Waals surface area contributed by atoms with Crippen molar-refractivity contribution in [2.75, 3.05) is 5.73 Å². The van der Waals surface area contributed by atoms with E-state index in [1.807, 2.05) is 30.3 Å². The number of aromatic nitrogens is 2. The van der Waals surface area contributed by atoms with Gasteiger partial charge in [0.2, 0.25) is 0 Å². The van der Waals surface area contributed by atoms with Gasteiger partial charge in [0.25, 0.3) is 0 Å². The molecule has 2 aromatic carbocycles. The first-order chi connectivity index (χ1) is 9.60. The van der Waals surface area contributed by atoms with Crippen molar-refractivity contribution in [3.63, 3.8) is 0 Å². The summed E-state index contributed by atoms with van der Waals surface area (Å²) in [6.07, 6.45) is 0.832. The smallest absolute Gasteiger partial charge is 0.114 e. The van der Waals surface area contributed by atoms with Crippen LogP contribution < -0.4 is 5.73 Å². The van der Waals surface area contributed by atoms with Crippen LogP contribution in [0.3, 0.4) is 0 Å². The maximum atomic E-state index is 6.37. The fourth-order valence-electron chi connectivity index (χ4n) is 2.45. The van der Waals surface area contributed by atoms with Gasteiger partial charge in [-0.1, -0.05) is 24.6 Å². The molecule has 1 heterocycles. The lowest BCUT2D eigenvalue weighted by Crippen LogP contribution is -2.01. The van der Waals surface area contributed by atoms with Crippen LogP contribution in [-0.4, -0.2) is 9.55 Å². The van der Waals surface area contributed by atoms with Gasteiger partial charge in [0.15, 0.2) is 0 Å². The summed E-state index contributed by atoms with van der Waals surface area (Å²) in [5.74, 6) is 0.984. The summed E-state index contributed by atoms with van der Waals surface area (Å²) in [6, 6.07) is 11.8. The van der Waals surface area contributed by atoms with Crippen molar-refractivity contribution in [3.05, 3.63) is 52.8 Å². The number of fused-ring (bicyclic) bond motifs is 1. The van der Waals surface area contributed by atoms with Crippen molar-refractivity contribution >= 4 is 28.3 Å². The Bertz CT molecular complexity index is 790. The Kier molecular flexibility index (Phi) is 3.14. The Labute approximate surface area is 123 Å². The molecule has 4 heteroatoms. The molecule has 0 fully saturated rings. The molecule has 0 bridgehead atoms. The maximum absolute atomic E-state index is 6.37. The molecule has 2 N–H and O–H groups in total. The number of benzene rings is 2. The van der Waals surface area contributed by atoms with Crippen LogP contribution in [0, 0.1) is 6.92 Å². The lowest BCUT2D eigenvalue weighted by Gasteiger charge is -2.11. The van der Waals surface area contributed by atoms with Crippen LogP contribution in [0.5, 0.6) is 0 Å². The van der Waals surface area contributed by atoms with Crippen molar-refractivity contribution < 1.29 is 0 Å². The summed E-state index contributed by atoms with van der Waals surface area (Å²) < 4.78 is 2.12.